The lowest BCUT2D eigenvalue weighted by molar-refractivity contribution is 0.0969. The Bertz CT molecular complexity index is 1030. The summed E-state index contributed by atoms with van der Waals surface area (Å²) in [4.78, 5) is 15.2. The van der Waals surface area contributed by atoms with E-state index in [4.69, 9.17) is 9.47 Å². The van der Waals surface area contributed by atoms with E-state index < -0.39 is 0 Å². The van der Waals surface area contributed by atoms with Gasteiger partial charge in [0.25, 0.3) is 0 Å². The molecule has 0 aromatic heterocycles. The van der Waals surface area contributed by atoms with Crippen LogP contribution >= 0.6 is 0 Å². The third-order valence-electron chi connectivity index (χ3n) is 6.02. The van der Waals surface area contributed by atoms with Gasteiger partial charge in [-0.2, -0.15) is 0 Å². The van der Waals surface area contributed by atoms with Crippen molar-refractivity contribution in [3.63, 3.8) is 0 Å². The van der Waals surface area contributed by atoms with Gasteiger partial charge in [0.2, 0.25) is 0 Å². The number of carbonyl (C=O) groups excluding carboxylic acids is 1. The van der Waals surface area contributed by atoms with E-state index >= 15 is 0 Å². The Labute approximate surface area is 171 Å². The number of fused-ring (bicyclic) bond motifs is 2. The van der Waals surface area contributed by atoms with Crippen LogP contribution in [0.2, 0.25) is 0 Å². The molecule has 0 N–H and O–H groups in total. The summed E-state index contributed by atoms with van der Waals surface area (Å²) in [6.07, 6.45) is 1.72. The number of Topliss-reactive ketones (excluding diaryl/α,β-unsaturated/α-hetero) is 1. The number of nitrogens with zero attached hydrogens (tertiary/aromatic N) is 1. The summed E-state index contributed by atoms with van der Waals surface area (Å²) in [6, 6.07) is 20.6. The van der Waals surface area contributed by atoms with Gasteiger partial charge in [-0.1, -0.05) is 42.5 Å². The summed E-state index contributed by atoms with van der Waals surface area (Å²) in [5, 5.41) is 2.08. The van der Waals surface area contributed by atoms with Crippen molar-refractivity contribution in [3.8, 4) is 11.5 Å². The molecular weight excluding hydrogens is 362 g/mol. The molecule has 2 aliphatic rings. The van der Waals surface area contributed by atoms with Crippen LogP contribution < -0.4 is 9.47 Å². The molecule has 1 atom stereocenters. The van der Waals surface area contributed by atoms with Crippen molar-refractivity contribution >= 4 is 16.6 Å². The molecular formula is C25H25NO3. The maximum absolute atomic E-state index is 12.8. The number of carbonyl (C=O) groups is 1. The Morgan fingerprint density at radius 3 is 2.48 bits per heavy atom. The molecule has 1 saturated heterocycles. The van der Waals surface area contributed by atoms with Crippen molar-refractivity contribution in [3.05, 3.63) is 71.8 Å². The molecule has 2 heterocycles. The second-order valence-corrected chi connectivity index (χ2v) is 7.93. The summed E-state index contributed by atoms with van der Waals surface area (Å²) in [7, 11) is 0. The van der Waals surface area contributed by atoms with Gasteiger partial charge >= 0.3 is 0 Å². The number of ether oxygens (including phenoxy) is 2. The minimum absolute atomic E-state index is 0.199. The highest BCUT2D eigenvalue weighted by atomic mass is 16.6. The maximum Gasteiger partial charge on any atom is 0.164 e. The minimum atomic E-state index is 0.199. The Balaban J connectivity index is 1.23. The molecule has 1 unspecified atom stereocenters. The number of likely N-dealkylation sites (tertiary alicyclic amines) is 1. The Morgan fingerprint density at radius 2 is 1.69 bits per heavy atom. The predicted octanol–water partition coefficient (Wildman–Crippen LogP) is 4.67. The fourth-order valence-corrected chi connectivity index (χ4v) is 4.40. The van der Waals surface area contributed by atoms with Gasteiger partial charge in [0, 0.05) is 25.1 Å². The SMILES string of the molecule is O=C(CCN1CCC(c2ccccc2)C1)c1ccc2cc3c(cc2c1)OCCO3. The van der Waals surface area contributed by atoms with Crippen molar-refractivity contribution in [1.82, 2.24) is 4.90 Å². The van der Waals surface area contributed by atoms with E-state index in [2.05, 4.69) is 35.2 Å². The molecule has 4 heteroatoms. The van der Waals surface area contributed by atoms with E-state index in [1.54, 1.807) is 0 Å². The highest BCUT2D eigenvalue weighted by molar-refractivity contribution is 6.00. The number of hydrogen-bond donors (Lipinski definition) is 0. The average Bonchev–Trinajstić information content (AvgIpc) is 3.25. The van der Waals surface area contributed by atoms with Gasteiger partial charge in [0.1, 0.15) is 13.2 Å². The van der Waals surface area contributed by atoms with Crippen molar-refractivity contribution in [2.24, 2.45) is 0 Å². The Morgan fingerprint density at radius 1 is 0.931 bits per heavy atom. The standard InChI is InChI=1S/C25H25NO3/c27-23(9-11-26-10-8-21(17-26)18-4-2-1-3-5-18)20-7-6-19-15-24-25(16-22(19)14-20)29-13-12-28-24/h1-7,14-16,21H,8-13,17H2. The minimum Gasteiger partial charge on any atom is -0.486 e. The lowest BCUT2D eigenvalue weighted by Gasteiger charge is -2.19. The molecule has 0 saturated carbocycles. The summed E-state index contributed by atoms with van der Waals surface area (Å²) < 4.78 is 11.3. The molecule has 0 radical (unpaired) electrons. The largest absolute Gasteiger partial charge is 0.486 e. The normalized spacial score (nSPS) is 18.8. The molecule has 0 spiro atoms. The number of ketones is 1. The maximum atomic E-state index is 12.8. The second-order valence-electron chi connectivity index (χ2n) is 7.93. The van der Waals surface area contributed by atoms with Crippen molar-refractivity contribution in [1.29, 1.82) is 0 Å². The van der Waals surface area contributed by atoms with Crippen LogP contribution in [0.15, 0.2) is 60.7 Å². The summed E-state index contributed by atoms with van der Waals surface area (Å²) in [5.41, 5.74) is 2.18. The van der Waals surface area contributed by atoms with E-state index in [-0.39, 0.29) is 5.78 Å². The van der Waals surface area contributed by atoms with Crippen LogP contribution in [0.1, 0.15) is 34.7 Å². The molecule has 5 rings (SSSR count). The van der Waals surface area contributed by atoms with Gasteiger partial charge in [-0.15, -0.1) is 0 Å². The third-order valence-corrected chi connectivity index (χ3v) is 6.02. The molecule has 2 aliphatic heterocycles. The molecule has 0 aliphatic carbocycles. The molecule has 4 nitrogen and oxygen atoms in total. The monoisotopic (exact) mass is 387 g/mol. The van der Waals surface area contributed by atoms with E-state index in [0.29, 0.717) is 25.6 Å². The molecule has 0 amide bonds. The Hall–Kier alpha value is -2.85. The molecule has 0 bridgehead atoms. The topological polar surface area (TPSA) is 38.8 Å². The zero-order valence-corrected chi connectivity index (χ0v) is 16.5. The number of hydrogen-bond acceptors (Lipinski definition) is 4. The molecule has 29 heavy (non-hydrogen) atoms. The summed E-state index contributed by atoms with van der Waals surface area (Å²) in [5.74, 6) is 2.33. The van der Waals surface area contributed by atoms with Gasteiger partial charge < -0.3 is 14.4 Å². The van der Waals surface area contributed by atoms with Crippen LogP contribution in [-0.2, 0) is 0 Å². The summed E-state index contributed by atoms with van der Waals surface area (Å²) in [6.45, 7) is 4.07. The average molecular weight is 387 g/mol. The van der Waals surface area contributed by atoms with Gasteiger partial charge in [0.05, 0.1) is 0 Å². The smallest absolute Gasteiger partial charge is 0.164 e. The molecule has 3 aromatic carbocycles. The first-order chi connectivity index (χ1) is 14.3. The van der Waals surface area contributed by atoms with Crippen molar-refractivity contribution in [2.75, 3.05) is 32.8 Å². The number of benzene rings is 3. The first kappa shape index (κ1) is 18.2. The second kappa shape index (κ2) is 7.88. The van der Waals surface area contributed by atoms with Crippen LogP contribution in [0.3, 0.4) is 0 Å². The fraction of sp³-hybridized carbons (Fsp3) is 0.320. The molecule has 1 fully saturated rings. The van der Waals surface area contributed by atoms with Gasteiger partial charge in [-0.05, 0) is 53.4 Å². The Kier molecular flexibility index (Phi) is 4.94. The van der Waals surface area contributed by atoms with Crippen LogP contribution in [0.25, 0.3) is 10.8 Å². The fourth-order valence-electron chi connectivity index (χ4n) is 4.40. The van der Waals surface area contributed by atoms with Crippen LogP contribution in [0, 0.1) is 0 Å². The highest BCUT2D eigenvalue weighted by Crippen LogP contribution is 2.35. The lowest BCUT2D eigenvalue weighted by atomic mass is 9.99. The molecule has 3 aromatic rings. The van der Waals surface area contributed by atoms with E-state index in [0.717, 1.165) is 47.5 Å². The van der Waals surface area contributed by atoms with Gasteiger partial charge in [0.15, 0.2) is 17.3 Å². The van der Waals surface area contributed by atoms with Gasteiger partial charge in [-0.25, -0.2) is 0 Å². The summed E-state index contributed by atoms with van der Waals surface area (Å²) >= 11 is 0. The van der Waals surface area contributed by atoms with Crippen LogP contribution in [0.4, 0.5) is 0 Å². The van der Waals surface area contributed by atoms with E-state index in [1.165, 1.54) is 12.0 Å². The first-order valence-electron chi connectivity index (χ1n) is 10.4. The first-order valence-corrected chi connectivity index (χ1v) is 10.4. The zero-order valence-electron chi connectivity index (χ0n) is 16.5. The molecule has 148 valence electrons. The van der Waals surface area contributed by atoms with Crippen molar-refractivity contribution < 1.29 is 14.3 Å². The van der Waals surface area contributed by atoms with Crippen LogP contribution in [0.5, 0.6) is 11.5 Å². The van der Waals surface area contributed by atoms with E-state index in [1.807, 2.05) is 30.3 Å². The van der Waals surface area contributed by atoms with Crippen molar-refractivity contribution in [2.45, 2.75) is 18.8 Å². The predicted molar refractivity (Wildman–Crippen MR) is 114 cm³/mol. The van der Waals surface area contributed by atoms with Gasteiger partial charge in [-0.3, -0.25) is 4.79 Å². The quantitative estimate of drug-likeness (QED) is 0.596. The lowest BCUT2D eigenvalue weighted by Crippen LogP contribution is -2.23. The zero-order chi connectivity index (χ0) is 19.6. The highest BCUT2D eigenvalue weighted by Gasteiger charge is 2.24. The third kappa shape index (κ3) is 3.85. The van der Waals surface area contributed by atoms with E-state index in [9.17, 15) is 4.79 Å². The number of rotatable bonds is 5. The van der Waals surface area contributed by atoms with Crippen LogP contribution in [-0.4, -0.2) is 43.5 Å².